The number of alkyl carbamates (subject to hydrolysis) is 1. The molecule has 1 amide bonds. The van der Waals surface area contributed by atoms with Gasteiger partial charge in [-0.05, 0) is 48.6 Å². The summed E-state index contributed by atoms with van der Waals surface area (Å²) in [5, 5.41) is 14.1. The molecule has 0 saturated carbocycles. The van der Waals surface area contributed by atoms with Crippen molar-refractivity contribution >= 4 is 21.8 Å². The standard InChI is InChI=1S/C30H37F2N3O8S/c1-16(2)12-35(44(38,39)19-5-7-24(33)27(11-19)40-3)13-26(36)25(9-17-4-6-22(31)23(32)8-17)34-30(37)43-28-18-10-20-21(28)15-42-29(20)41-14-18/h4-8,11,16,18,20,25-26,29,36H,9-10,12-15,33H2,1-3H3,(H,34,37)/t18?,20?,25-,26+,29?/m0/s1. The molecule has 3 aliphatic rings. The zero-order chi connectivity index (χ0) is 31.8. The third kappa shape index (κ3) is 6.69. The number of anilines is 1. The number of amides is 1. The number of aliphatic hydroxyl groups is 1. The summed E-state index contributed by atoms with van der Waals surface area (Å²) in [5.74, 6) is -1.74. The van der Waals surface area contributed by atoms with E-state index in [4.69, 9.17) is 24.7 Å². The molecule has 14 heteroatoms. The average Bonchev–Trinajstić information content (AvgIpc) is 3.50. The Hall–Kier alpha value is -3.30. The number of methoxy groups -OCH3 is 1. The normalized spacial score (nSPS) is 22.4. The van der Waals surface area contributed by atoms with Crippen LogP contribution in [-0.4, -0.2) is 75.8 Å². The molecule has 0 spiro atoms. The van der Waals surface area contributed by atoms with Gasteiger partial charge >= 0.3 is 6.09 Å². The van der Waals surface area contributed by atoms with Gasteiger partial charge in [-0.1, -0.05) is 19.9 Å². The monoisotopic (exact) mass is 637 g/mol. The molecule has 2 bridgehead atoms. The average molecular weight is 638 g/mol. The molecule has 5 rings (SSSR count). The number of halogens is 2. The Balaban J connectivity index is 1.39. The molecule has 3 unspecified atom stereocenters. The van der Waals surface area contributed by atoms with E-state index in [0.29, 0.717) is 12.4 Å². The van der Waals surface area contributed by atoms with Crippen molar-refractivity contribution in [1.29, 1.82) is 0 Å². The van der Waals surface area contributed by atoms with Gasteiger partial charge in [0.15, 0.2) is 17.9 Å². The molecule has 44 heavy (non-hydrogen) atoms. The van der Waals surface area contributed by atoms with Gasteiger partial charge in [0.25, 0.3) is 0 Å². The summed E-state index contributed by atoms with van der Waals surface area (Å²) >= 11 is 0. The summed E-state index contributed by atoms with van der Waals surface area (Å²) in [6, 6.07) is 6.14. The Morgan fingerprint density at radius 2 is 1.93 bits per heavy atom. The molecular formula is C30H37F2N3O8S. The van der Waals surface area contributed by atoms with Gasteiger partial charge in [0.05, 0.1) is 43.1 Å². The fourth-order valence-corrected chi connectivity index (χ4v) is 7.55. The first kappa shape index (κ1) is 32.1. The van der Waals surface area contributed by atoms with Gasteiger partial charge in [-0.2, -0.15) is 4.31 Å². The lowest BCUT2D eigenvalue weighted by Gasteiger charge is -2.31. The Kier molecular flexibility index (Phi) is 9.47. The molecule has 2 fully saturated rings. The van der Waals surface area contributed by atoms with Crippen LogP contribution in [0.2, 0.25) is 0 Å². The highest BCUT2D eigenvalue weighted by Gasteiger charge is 2.49. The second kappa shape index (κ2) is 13.0. The van der Waals surface area contributed by atoms with Gasteiger partial charge in [0, 0.05) is 36.6 Å². The van der Waals surface area contributed by atoms with E-state index in [2.05, 4.69) is 5.32 Å². The highest BCUT2D eigenvalue weighted by molar-refractivity contribution is 7.89. The molecule has 5 atom stereocenters. The van der Waals surface area contributed by atoms with Crippen LogP contribution >= 0.6 is 0 Å². The molecule has 2 saturated heterocycles. The maximum Gasteiger partial charge on any atom is 0.412 e. The van der Waals surface area contributed by atoms with Crippen LogP contribution in [-0.2, 0) is 30.7 Å². The van der Waals surface area contributed by atoms with Crippen LogP contribution in [0.15, 0.2) is 52.6 Å². The largest absolute Gasteiger partial charge is 0.495 e. The molecular weight excluding hydrogens is 600 g/mol. The van der Waals surface area contributed by atoms with Gasteiger partial charge in [-0.15, -0.1) is 0 Å². The number of nitrogens with zero attached hydrogens (tertiary/aromatic N) is 1. The predicted octanol–water partition coefficient (Wildman–Crippen LogP) is 3.18. The summed E-state index contributed by atoms with van der Waals surface area (Å²) < 4.78 is 78.6. The van der Waals surface area contributed by atoms with Crippen LogP contribution in [0.4, 0.5) is 19.3 Å². The number of benzene rings is 2. The number of nitrogens with two attached hydrogens (primary N) is 1. The van der Waals surface area contributed by atoms with E-state index in [0.717, 1.165) is 28.4 Å². The van der Waals surface area contributed by atoms with Crippen molar-refractivity contribution in [3.63, 3.8) is 0 Å². The molecule has 0 radical (unpaired) electrons. The smallest absolute Gasteiger partial charge is 0.412 e. The van der Waals surface area contributed by atoms with Crippen LogP contribution in [0.5, 0.6) is 5.75 Å². The molecule has 11 nitrogen and oxygen atoms in total. The fraction of sp³-hybridized carbons (Fsp3) is 0.500. The molecule has 240 valence electrons. The lowest BCUT2D eigenvalue weighted by molar-refractivity contribution is -0.161. The number of nitrogens with one attached hydrogen (secondary N) is 1. The van der Waals surface area contributed by atoms with Gasteiger partial charge in [0.1, 0.15) is 11.5 Å². The van der Waals surface area contributed by atoms with Crippen LogP contribution in [0.3, 0.4) is 0 Å². The maximum absolute atomic E-state index is 14.1. The Morgan fingerprint density at radius 3 is 2.64 bits per heavy atom. The Morgan fingerprint density at radius 1 is 1.16 bits per heavy atom. The molecule has 0 aromatic heterocycles. The topological polar surface area (TPSA) is 150 Å². The van der Waals surface area contributed by atoms with Crippen LogP contribution in [0.1, 0.15) is 25.8 Å². The number of hydrogen-bond acceptors (Lipinski definition) is 9. The van der Waals surface area contributed by atoms with Crippen molar-refractivity contribution in [3.05, 3.63) is 64.9 Å². The number of sulfonamides is 1. The molecule has 4 N–H and O–H groups in total. The van der Waals surface area contributed by atoms with Crippen molar-refractivity contribution in [3.8, 4) is 5.75 Å². The first-order valence-electron chi connectivity index (χ1n) is 14.4. The third-order valence-corrected chi connectivity index (χ3v) is 9.91. The maximum atomic E-state index is 14.1. The summed E-state index contributed by atoms with van der Waals surface area (Å²) in [7, 11) is -2.81. The minimum absolute atomic E-state index is 0.0156. The highest BCUT2D eigenvalue weighted by Crippen LogP contribution is 2.48. The number of aliphatic hydroxyl groups excluding tert-OH is 1. The third-order valence-electron chi connectivity index (χ3n) is 8.08. The van der Waals surface area contributed by atoms with Crippen LogP contribution < -0.4 is 15.8 Å². The van der Waals surface area contributed by atoms with Gasteiger partial charge < -0.3 is 35.1 Å². The fourth-order valence-electron chi connectivity index (χ4n) is 5.91. The summed E-state index contributed by atoms with van der Waals surface area (Å²) in [4.78, 5) is 13.1. The Labute approximate surface area is 255 Å². The van der Waals surface area contributed by atoms with Gasteiger partial charge in [-0.25, -0.2) is 22.0 Å². The summed E-state index contributed by atoms with van der Waals surface area (Å²) in [6.07, 6.45) is -2.13. The van der Waals surface area contributed by atoms with Gasteiger partial charge in [0.2, 0.25) is 10.0 Å². The molecule has 2 heterocycles. The molecule has 2 aromatic carbocycles. The highest BCUT2D eigenvalue weighted by atomic mass is 32.2. The first-order chi connectivity index (χ1) is 20.9. The first-order valence-corrected chi connectivity index (χ1v) is 15.8. The van der Waals surface area contributed by atoms with E-state index < -0.39 is 46.4 Å². The lowest BCUT2D eigenvalue weighted by Crippen LogP contribution is -2.51. The molecule has 2 aliphatic heterocycles. The number of fused-ring (bicyclic) bond motifs is 1. The van der Waals surface area contributed by atoms with E-state index >= 15 is 0 Å². The number of hydrogen-bond donors (Lipinski definition) is 3. The van der Waals surface area contributed by atoms with E-state index in [1.54, 1.807) is 0 Å². The summed E-state index contributed by atoms with van der Waals surface area (Å²) in [5.41, 5.74) is 7.26. The van der Waals surface area contributed by atoms with E-state index in [1.165, 1.54) is 31.4 Å². The number of ether oxygens (including phenoxy) is 4. The quantitative estimate of drug-likeness (QED) is 0.298. The second-order valence-electron chi connectivity index (χ2n) is 11.7. The molecule has 1 aliphatic carbocycles. The Bertz CT molecular complexity index is 1540. The van der Waals surface area contributed by atoms with Crippen LogP contribution in [0.25, 0.3) is 0 Å². The number of carbonyl (C=O) groups excluding carboxylic acids is 1. The predicted molar refractivity (Wildman–Crippen MR) is 155 cm³/mol. The van der Waals surface area contributed by atoms with E-state index in [1.807, 2.05) is 13.8 Å². The van der Waals surface area contributed by atoms with Crippen molar-refractivity contribution in [2.75, 3.05) is 39.1 Å². The SMILES string of the molecule is COc1cc(S(=O)(=O)N(CC(C)C)C[C@@H](O)[C@H](Cc2ccc(F)c(F)c2)NC(=O)OC2=C3COC4OCC2CC34)ccc1N. The van der Waals surface area contributed by atoms with Crippen molar-refractivity contribution in [1.82, 2.24) is 9.62 Å². The van der Waals surface area contributed by atoms with Gasteiger partial charge in [-0.3, -0.25) is 0 Å². The number of carbonyl (C=O) groups is 1. The van der Waals surface area contributed by atoms with Crippen molar-refractivity contribution < 1.29 is 46.0 Å². The minimum Gasteiger partial charge on any atom is -0.495 e. The second-order valence-corrected chi connectivity index (χ2v) is 13.7. The zero-order valence-electron chi connectivity index (χ0n) is 24.7. The number of nitrogen functional groups attached to an aromatic ring is 1. The van der Waals surface area contributed by atoms with E-state index in [-0.39, 0.29) is 65.5 Å². The zero-order valence-corrected chi connectivity index (χ0v) is 25.5. The van der Waals surface area contributed by atoms with Crippen LogP contribution in [0, 0.1) is 29.4 Å². The molecule has 2 aromatic rings. The minimum atomic E-state index is -4.17. The van der Waals surface area contributed by atoms with Crippen molar-refractivity contribution in [2.45, 2.75) is 50.0 Å². The van der Waals surface area contributed by atoms with Crippen molar-refractivity contribution in [2.24, 2.45) is 17.8 Å². The van der Waals surface area contributed by atoms with E-state index in [9.17, 15) is 27.1 Å². The lowest BCUT2D eigenvalue weighted by atomic mass is 9.99. The number of rotatable bonds is 12. The summed E-state index contributed by atoms with van der Waals surface area (Å²) in [6.45, 7) is 3.87.